The van der Waals surface area contributed by atoms with E-state index in [9.17, 15) is 72.5 Å². The molecule has 0 aromatic heterocycles. The lowest BCUT2D eigenvalue weighted by atomic mass is 9.65. The molecule has 6 aliphatic rings. The molecule has 6 aliphatic carbocycles. The maximum atomic E-state index is 13.8. The predicted molar refractivity (Wildman–Crippen MR) is 192 cm³/mol. The van der Waals surface area contributed by atoms with E-state index >= 15 is 0 Å². The molecule has 6 bridgehead atoms. The maximum Gasteiger partial charge on any atom is 0.430 e. The van der Waals surface area contributed by atoms with Gasteiger partial charge in [0, 0.05) is 5.92 Å². The molecule has 18 heteroatoms. The van der Waals surface area contributed by atoms with Crippen LogP contribution in [0.3, 0.4) is 0 Å². The van der Waals surface area contributed by atoms with Crippen molar-refractivity contribution in [2.24, 2.45) is 81.8 Å². The molecule has 6 saturated carbocycles. The standard InChI is InChI=1S/C21H28F6O3.C21H32F6O3/c1-10-11(2)15-7-13(10)9-17(15,3)16(28)30-18(8-12-4-5-14(18)6-12)19(29,20(22,23)24)21(25,26)27;1-10(2)18(11(3)4,19(29,20(22,23)24)21(25,26)27)30-16(28)17(7)9-14-8-15(17)13(6)12(14)5/h10-15,29H,4-9H2,1-3H3;10-15,29H,8-9H2,1-7H3. The first-order valence-electron chi connectivity index (χ1n) is 21.1. The fraction of sp³-hybridized carbons (Fsp3) is 0.952. The van der Waals surface area contributed by atoms with Crippen LogP contribution in [0.4, 0.5) is 52.7 Å². The molecule has 6 rings (SSSR count). The summed E-state index contributed by atoms with van der Waals surface area (Å²) in [5, 5.41) is 20.6. The van der Waals surface area contributed by atoms with E-state index in [0.29, 0.717) is 37.5 Å². The summed E-state index contributed by atoms with van der Waals surface area (Å²) >= 11 is 0. The van der Waals surface area contributed by atoms with Gasteiger partial charge in [-0.15, -0.1) is 0 Å². The van der Waals surface area contributed by atoms with Gasteiger partial charge in [-0.1, -0.05) is 55.4 Å². The molecule has 0 heterocycles. The minimum Gasteiger partial charge on any atom is -0.454 e. The number of rotatable bonds is 8. The summed E-state index contributed by atoms with van der Waals surface area (Å²) in [5.41, 5.74) is -18.9. The Morgan fingerprint density at radius 3 is 1.27 bits per heavy atom. The van der Waals surface area contributed by atoms with Gasteiger partial charge in [0.2, 0.25) is 0 Å². The van der Waals surface area contributed by atoms with Crippen LogP contribution < -0.4 is 0 Å². The highest BCUT2D eigenvalue weighted by Crippen LogP contribution is 2.67. The quantitative estimate of drug-likeness (QED) is 0.186. The van der Waals surface area contributed by atoms with Crippen LogP contribution in [0, 0.1) is 81.8 Å². The van der Waals surface area contributed by atoms with E-state index in [-0.39, 0.29) is 48.3 Å². The summed E-state index contributed by atoms with van der Waals surface area (Å²) in [6.45, 7) is 15.6. The van der Waals surface area contributed by atoms with E-state index in [1.807, 2.05) is 20.8 Å². The van der Waals surface area contributed by atoms with Gasteiger partial charge in [0.25, 0.3) is 11.2 Å². The Balaban J connectivity index is 0.000000228. The zero-order valence-corrected chi connectivity index (χ0v) is 35.6. The molecule has 6 nitrogen and oxygen atoms in total. The highest BCUT2D eigenvalue weighted by molar-refractivity contribution is 5.79. The minimum atomic E-state index is -6.10. The molecule has 13 atom stereocenters. The van der Waals surface area contributed by atoms with Crippen LogP contribution in [0.2, 0.25) is 0 Å². The maximum absolute atomic E-state index is 13.8. The van der Waals surface area contributed by atoms with Crippen LogP contribution in [0.25, 0.3) is 0 Å². The normalized spacial score (nSPS) is 39.4. The predicted octanol–water partition coefficient (Wildman–Crippen LogP) is 11.0. The molecule has 0 spiro atoms. The van der Waals surface area contributed by atoms with Gasteiger partial charge < -0.3 is 19.7 Å². The first-order valence-corrected chi connectivity index (χ1v) is 21.1. The zero-order valence-electron chi connectivity index (χ0n) is 35.6. The summed E-state index contributed by atoms with van der Waals surface area (Å²) in [5.74, 6) is -5.73. The second kappa shape index (κ2) is 14.8. The highest BCUT2D eigenvalue weighted by atomic mass is 19.4. The number of fused-ring (bicyclic) bond motifs is 6. The van der Waals surface area contributed by atoms with Gasteiger partial charge in [-0.25, -0.2) is 0 Å². The van der Waals surface area contributed by atoms with Crippen molar-refractivity contribution < 1.29 is 82.0 Å². The van der Waals surface area contributed by atoms with Gasteiger partial charge in [0.15, 0.2) is 11.2 Å². The van der Waals surface area contributed by atoms with Crippen LogP contribution in [-0.4, -0.2) is 69.3 Å². The third-order valence-electron chi connectivity index (χ3n) is 17.3. The van der Waals surface area contributed by atoms with Crippen LogP contribution in [-0.2, 0) is 19.1 Å². The zero-order chi connectivity index (χ0) is 46.2. The smallest absolute Gasteiger partial charge is 0.430 e. The number of carbonyl (C=O) groups is 2. The topological polar surface area (TPSA) is 93.1 Å². The largest absolute Gasteiger partial charge is 0.454 e. The Morgan fingerprint density at radius 2 is 0.983 bits per heavy atom. The van der Waals surface area contributed by atoms with Crippen molar-refractivity contribution in [1.29, 1.82) is 0 Å². The number of halogens is 12. The number of hydrogen-bond donors (Lipinski definition) is 2. The first kappa shape index (κ1) is 49.0. The molecular formula is C42H60F12O6. The van der Waals surface area contributed by atoms with Crippen LogP contribution >= 0.6 is 0 Å². The van der Waals surface area contributed by atoms with E-state index in [1.54, 1.807) is 13.8 Å². The van der Waals surface area contributed by atoms with E-state index < -0.39 is 100.0 Å². The minimum absolute atomic E-state index is 0.0720. The second-order valence-corrected chi connectivity index (χ2v) is 20.6. The van der Waals surface area contributed by atoms with Crippen LogP contribution in [0.1, 0.15) is 121 Å². The average molecular weight is 889 g/mol. The Morgan fingerprint density at radius 1 is 0.583 bits per heavy atom. The van der Waals surface area contributed by atoms with Gasteiger partial charge in [-0.3, -0.25) is 9.59 Å². The van der Waals surface area contributed by atoms with Gasteiger partial charge in [-0.05, 0) is 130 Å². The Bertz CT molecular complexity index is 1600. The van der Waals surface area contributed by atoms with Crippen LogP contribution in [0.5, 0.6) is 0 Å². The van der Waals surface area contributed by atoms with Gasteiger partial charge in [0.05, 0.1) is 10.8 Å². The van der Waals surface area contributed by atoms with Crippen molar-refractivity contribution in [3.63, 3.8) is 0 Å². The van der Waals surface area contributed by atoms with Gasteiger partial charge >= 0.3 is 36.6 Å². The van der Waals surface area contributed by atoms with Crippen molar-refractivity contribution >= 4 is 11.9 Å². The third-order valence-corrected chi connectivity index (χ3v) is 17.3. The summed E-state index contributed by atoms with van der Waals surface area (Å²) in [7, 11) is 0. The van der Waals surface area contributed by atoms with E-state index in [2.05, 4.69) is 6.92 Å². The SMILES string of the molecule is CC1C2CC(C1C)C(C)(C(=O)OC(C(C)C)(C(C)C)C(O)(C(F)(F)F)C(F)(F)F)C2.CC1C2CC(C1C)C(C)(C(=O)OC1(C(O)(C(F)(F)F)C(F)(F)F)CC3CCC1C3)C2. The summed E-state index contributed by atoms with van der Waals surface area (Å²) in [4.78, 5) is 26.5. The molecule has 60 heavy (non-hydrogen) atoms. The molecule has 348 valence electrons. The third kappa shape index (κ3) is 6.62. The highest BCUT2D eigenvalue weighted by Gasteiger charge is 2.85. The van der Waals surface area contributed by atoms with Crippen molar-refractivity contribution in [2.45, 2.75) is 168 Å². The molecule has 13 unspecified atom stereocenters. The second-order valence-electron chi connectivity index (χ2n) is 20.6. The molecule has 0 amide bonds. The average Bonchev–Trinajstić information content (AvgIpc) is 3.94. The van der Waals surface area contributed by atoms with Crippen molar-refractivity contribution in [1.82, 2.24) is 0 Å². The number of hydrogen-bond acceptors (Lipinski definition) is 6. The number of carbonyl (C=O) groups excluding carboxylic acids is 2. The Kier molecular flexibility index (Phi) is 12.1. The number of esters is 2. The van der Waals surface area contributed by atoms with Gasteiger partial charge in [0.1, 0.15) is 0 Å². The molecule has 6 fully saturated rings. The summed E-state index contributed by atoms with van der Waals surface area (Å²) in [6, 6.07) is 0. The molecule has 0 aliphatic heterocycles. The van der Waals surface area contributed by atoms with E-state index in [0.717, 1.165) is 34.1 Å². The summed E-state index contributed by atoms with van der Waals surface area (Å²) in [6.07, 6.45) is -22.1. The van der Waals surface area contributed by atoms with Crippen molar-refractivity contribution in [2.75, 3.05) is 0 Å². The Labute approximate surface area is 343 Å². The molecule has 0 radical (unpaired) electrons. The monoisotopic (exact) mass is 888 g/mol. The van der Waals surface area contributed by atoms with Crippen molar-refractivity contribution in [3.8, 4) is 0 Å². The number of alkyl halides is 12. The number of ether oxygens (including phenoxy) is 2. The molecular weight excluding hydrogens is 828 g/mol. The van der Waals surface area contributed by atoms with Crippen LogP contribution in [0.15, 0.2) is 0 Å². The van der Waals surface area contributed by atoms with E-state index in [1.165, 1.54) is 0 Å². The summed E-state index contributed by atoms with van der Waals surface area (Å²) < 4.78 is 177. The van der Waals surface area contributed by atoms with Crippen molar-refractivity contribution in [3.05, 3.63) is 0 Å². The van der Waals surface area contributed by atoms with Gasteiger partial charge in [-0.2, -0.15) is 52.7 Å². The fourth-order valence-electron chi connectivity index (χ4n) is 13.7. The van der Waals surface area contributed by atoms with E-state index in [4.69, 9.17) is 9.47 Å². The fourth-order valence-corrected chi connectivity index (χ4v) is 13.7. The molecule has 0 aromatic carbocycles. The lowest BCUT2D eigenvalue weighted by Crippen LogP contribution is -2.76. The lowest BCUT2D eigenvalue weighted by Gasteiger charge is -2.53. The molecule has 2 N–H and O–H groups in total. The molecule has 0 saturated heterocycles. The number of aliphatic hydroxyl groups is 2. The lowest BCUT2D eigenvalue weighted by molar-refractivity contribution is -0.425. The first-order chi connectivity index (χ1) is 26.9. The molecule has 0 aromatic rings. The Hall–Kier alpha value is -1.98.